The Kier molecular flexibility index (Phi) is 5.69. The Bertz CT molecular complexity index is 1270. The molecule has 1 atom stereocenters. The van der Waals surface area contributed by atoms with Crippen LogP contribution in [0.15, 0.2) is 66.7 Å². The number of benzene rings is 3. The zero-order valence-corrected chi connectivity index (χ0v) is 19.6. The van der Waals surface area contributed by atoms with Crippen LogP contribution in [-0.4, -0.2) is 43.2 Å². The number of halogens is 1. The molecule has 0 aliphatic carbocycles. The van der Waals surface area contributed by atoms with E-state index in [-0.39, 0.29) is 24.2 Å². The Morgan fingerprint density at radius 1 is 1.03 bits per heavy atom. The van der Waals surface area contributed by atoms with Gasteiger partial charge in [0.1, 0.15) is 17.3 Å². The molecule has 0 N–H and O–H groups in total. The third-order valence-electron chi connectivity index (χ3n) is 6.27. The summed E-state index contributed by atoms with van der Waals surface area (Å²) in [5.74, 6) is 0.938. The number of fused-ring (bicyclic) bond motifs is 2. The highest BCUT2D eigenvalue weighted by Gasteiger charge is 2.59. The summed E-state index contributed by atoms with van der Waals surface area (Å²) in [7, 11) is 3.12. The lowest BCUT2D eigenvalue weighted by molar-refractivity contribution is -0.123. The molecule has 0 radical (unpaired) electrons. The van der Waals surface area contributed by atoms with Crippen molar-refractivity contribution in [3.05, 3.63) is 89.2 Å². The van der Waals surface area contributed by atoms with Crippen molar-refractivity contribution in [2.24, 2.45) is 0 Å². The van der Waals surface area contributed by atoms with Crippen LogP contribution < -0.4 is 14.4 Å². The Labute approximate surface area is 201 Å². The Hall–Kier alpha value is -3.52. The third-order valence-corrected chi connectivity index (χ3v) is 7.69. The van der Waals surface area contributed by atoms with E-state index in [4.69, 9.17) is 9.47 Å². The van der Waals surface area contributed by atoms with Gasteiger partial charge in [0.05, 0.1) is 26.5 Å². The fourth-order valence-electron chi connectivity index (χ4n) is 4.56. The van der Waals surface area contributed by atoms with Crippen LogP contribution in [0.2, 0.25) is 0 Å². The second kappa shape index (κ2) is 8.68. The molecule has 1 fully saturated rings. The number of hydrogen-bond donors (Lipinski definition) is 0. The number of amides is 2. The van der Waals surface area contributed by atoms with E-state index in [0.717, 1.165) is 0 Å². The van der Waals surface area contributed by atoms with Crippen LogP contribution in [0.5, 0.6) is 11.5 Å². The number of carbonyl (C=O) groups excluding carboxylic acids is 2. The molecule has 1 saturated heterocycles. The minimum Gasteiger partial charge on any atom is -0.497 e. The molecule has 0 unspecified atom stereocenters. The largest absolute Gasteiger partial charge is 0.497 e. The molecule has 5 rings (SSSR count). The van der Waals surface area contributed by atoms with E-state index in [1.54, 1.807) is 84.7 Å². The van der Waals surface area contributed by atoms with Crippen molar-refractivity contribution in [2.75, 3.05) is 31.4 Å². The van der Waals surface area contributed by atoms with Crippen molar-refractivity contribution in [1.82, 2.24) is 4.90 Å². The molecule has 2 aliphatic rings. The number of hydrogen-bond acceptors (Lipinski definition) is 5. The Morgan fingerprint density at radius 2 is 1.74 bits per heavy atom. The lowest BCUT2D eigenvalue weighted by Gasteiger charge is -2.33. The van der Waals surface area contributed by atoms with E-state index >= 15 is 0 Å². The summed E-state index contributed by atoms with van der Waals surface area (Å²) in [5.41, 5.74) is 2.20. The maximum absolute atomic E-state index is 14.5. The molecule has 3 aromatic rings. The lowest BCUT2D eigenvalue weighted by Crippen LogP contribution is -2.50. The molecular weight excluding hydrogens is 455 g/mol. The monoisotopic (exact) mass is 478 g/mol. The van der Waals surface area contributed by atoms with Gasteiger partial charge in [0.25, 0.3) is 11.8 Å². The van der Waals surface area contributed by atoms with Crippen molar-refractivity contribution < 1.29 is 23.5 Å². The van der Waals surface area contributed by atoms with Crippen LogP contribution in [-0.2, 0) is 16.2 Å². The topological polar surface area (TPSA) is 59.1 Å². The predicted octanol–water partition coefficient (Wildman–Crippen LogP) is 4.43. The van der Waals surface area contributed by atoms with Gasteiger partial charge in [-0.2, -0.15) is 0 Å². The van der Waals surface area contributed by atoms with E-state index in [2.05, 4.69) is 0 Å². The molecule has 0 bridgehead atoms. The van der Waals surface area contributed by atoms with Crippen LogP contribution in [0.1, 0.15) is 21.5 Å². The van der Waals surface area contributed by atoms with Crippen molar-refractivity contribution in [3.63, 3.8) is 0 Å². The van der Waals surface area contributed by atoms with Gasteiger partial charge in [0.15, 0.2) is 4.87 Å². The molecule has 34 heavy (non-hydrogen) atoms. The molecule has 8 heteroatoms. The van der Waals surface area contributed by atoms with Gasteiger partial charge in [-0.3, -0.25) is 9.59 Å². The first kappa shape index (κ1) is 22.3. The summed E-state index contributed by atoms with van der Waals surface area (Å²) in [5, 5.41) is 0. The second-order valence-corrected chi connectivity index (χ2v) is 9.33. The van der Waals surface area contributed by atoms with Gasteiger partial charge in [0.2, 0.25) is 0 Å². The van der Waals surface area contributed by atoms with Crippen LogP contribution in [0, 0.1) is 5.82 Å². The maximum atomic E-state index is 14.5. The summed E-state index contributed by atoms with van der Waals surface area (Å²) in [4.78, 5) is 29.7. The highest BCUT2D eigenvalue weighted by molar-refractivity contribution is 8.01. The predicted molar refractivity (Wildman–Crippen MR) is 129 cm³/mol. The van der Waals surface area contributed by atoms with E-state index in [9.17, 15) is 14.0 Å². The average Bonchev–Trinajstić information content (AvgIpc) is 3.41. The zero-order valence-electron chi connectivity index (χ0n) is 18.8. The van der Waals surface area contributed by atoms with Gasteiger partial charge >= 0.3 is 0 Å². The van der Waals surface area contributed by atoms with E-state index in [1.807, 2.05) is 0 Å². The molecule has 2 aliphatic heterocycles. The number of thioether (sulfide) groups is 1. The SMILES string of the molecule is COc1ccc(C(=O)N2CCS[C@@]23C(=O)N(Cc2ccccc2F)c2ccc(OC)cc23)cc1. The number of ether oxygens (including phenoxy) is 2. The normalized spacial score (nSPS) is 19.0. The maximum Gasteiger partial charge on any atom is 0.268 e. The summed E-state index contributed by atoms with van der Waals surface area (Å²) in [6.45, 7) is 0.475. The molecular formula is C26H23FN2O4S. The molecule has 1 spiro atoms. The minimum absolute atomic E-state index is 0.0672. The van der Waals surface area contributed by atoms with Crippen LogP contribution in [0.25, 0.3) is 0 Å². The fourth-order valence-corrected chi connectivity index (χ4v) is 6.02. The van der Waals surface area contributed by atoms with Crippen molar-refractivity contribution in [1.29, 1.82) is 0 Å². The molecule has 174 valence electrons. The molecule has 0 saturated carbocycles. The van der Waals surface area contributed by atoms with E-state index in [1.165, 1.54) is 17.8 Å². The number of methoxy groups -OCH3 is 2. The van der Waals surface area contributed by atoms with Crippen molar-refractivity contribution in [2.45, 2.75) is 11.4 Å². The first-order valence-electron chi connectivity index (χ1n) is 10.8. The summed E-state index contributed by atoms with van der Waals surface area (Å²) < 4.78 is 25.1. The van der Waals surface area contributed by atoms with Crippen LogP contribution in [0.3, 0.4) is 0 Å². The first-order valence-corrected chi connectivity index (χ1v) is 11.8. The second-order valence-electron chi connectivity index (χ2n) is 8.04. The molecule has 0 aromatic heterocycles. The van der Waals surface area contributed by atoms with Gasteiger partial charge in [-0.1, -0.05) is 18.2 Å². The number of carbonyl (C=O) groups is 2. The van der Waals surface area contributed by atoms with Crippen LogP contribution in [0.4, 0.5) is 10.1 Å². The number of nitrogens with zero attached hydrogens (tertiary/aromatic N) is 2. The fraction of sp³-hybridized carbons (Fsp3) is 0.231. The first-order chi connectivity index (χ1) is 16.5. The Morgan fingerprint density at radius 3 is 2.44 bits per heavy atom. The van der Waals surface area contributed by atoms with Gasteiger partial charge in [-0.05, 0) is 48.5 Å². The Balaban J connectivity index is 1.60. The average molecular weight is 479 g/mol. The van der Waals surface area contributed by atoms with E-state index in [0.29, 0.717) is 46.2 Å². The number of anilines is 1. The van der Waals surface area contributed by atoms with Gasteiger partial charge in [-0.25, -0.2) is 4.39 Å². The molecule has 2 amide bonds. The highest BCUT2D eigenvalue weighted by Crippen LogP contribution is 2.55. The minimum atomic E-state index is -1.24. The van der Waals surface area contributed by atoms with Gasteiger partial charge in [-0.15, -0.1) is 11.8 Å². The summed E-state index contributed by atoms with van der Waals surface area (Å²) in [6.07, 6.45) is 0. The quantitative estimate of drug-likeness (QED) is 0.543. The number of rotatable bonds is 5. The summed E-state index contributed by atoms with van der Waals surface area (Å²) in [6, 6.07) is 18.6. The van der Waals surface area contributed by atoms with Crippen molar-refractivity contribution >= 4 is 29.3 Å². The van der Waals surface area contributed by atoms with Gasteiger partial charge < -0.3 is 19.3 Å². The standard InChI is InChI=1S/C26H23FN2O4S/c1-32-19-9-7-17(8-10-19)24(30)29-13-14-34-26(29)21-15-20(33-2)11-12-23(21)28(25(26)31)16-18-5-3-4-6-22(18)27/h3-12,15H,13-14,16H2,1-2H3/t26-/m0/s1. The third kappa shape index (κ3) is 3.40. The van der Waals surface area contributed by atoms with Gasteiger partial charge in [0, 0.05) is 29.0 Å². The molecule has 3 aromatic carbocycles. The highest BCUT2D eigenvalue weighted by atomic mass is 32.2. The van der Waals surface area contributed by atoms with Crippen molar-refractivity contribution in [3.8, 4) is 11.5 Å². The molecule has 2 heterocycles. The zero-order chi connectivity index (χ0) is 23.9. The van der Waals surface area contributed by atoms with Crippen LogP contribution >= 0.6 is 11.8 Å². The summed E-state index contributed by atoms with van der Waals surface area (Å²) >= 11 is 1.42. The smallest absolute Gasteiger partial charge is 0.268 e. The lowest BCUT2D eigenvalue weighted by atomic mass is 10.0. The van der Waals surface area contributed by atoms with E-state index < -0.39 is 4.87 Å². The molecule has 6 nitrogen and oxygen atoms in total.